The molecule has 1 aromatic carbocycles. The summed E-state index contributed by atoms with van der Waals surface area (Å²) in [5.41, 5.74) is 0.0849. The lowest BCUT2D eigenvalue weighted by Gasteiger charge is -2.26. The Bertz CT molecular complexity index is 1100. The SMILES string of the molecule is CCOC(=O)/C=c1/s/c(=C\c2c(Cl)cccc2Cl)c(=O)n1CC(=O)N1CCOCC1. The normalized spacial score (nSPS) is 15.5. The summed E-state index contributed by atoms with van der Waals surface area (Å²) in [5, 5.41) is 0.782. The van der Waals surface area contributed by atoms with Gasteiger partial charge >= 0.3 is 5.97 Å². The molecule has 0 atom stereocenters. The maximum absolute atomic E-state index is 13.1. The van der Waals surface area contributed by atoms with Crippen LogP contribution < -0.4 is 14.8 Å². The van der Waals surface area contributed by atoms with Gasteiger partial charge in [-0.2, -0.15) is 0 Å². The molecule has 1 aromatic heterocycles. The second kappa shape index (κ2) is 10.3. The van der Waals surface area contributed by atoms with E-state index in [9.17, 15) is 14.4 Å². The molecule has 0 unspecified atom stereocenters. The second-order valence-electron chi connectivity index (χ2n) is 6.37. The summed E-state index contributed by atoms with van der Waals surface area (Å²) in [4.78, 5) is 39.4. The molecule has 7 nitrogen and oxygen atoms in total. The Hall–Kier alpha value is -2.13. The fourth-order valence-corrected chi connectivity index (χ4v) is 4.42. The van der Waals surface area contributed by atoms with Gasteiger partial charge < -0.3 is 14.4 Å². The number of ether oxygens (including phenoxy) is 2. The number of halogens is 2. The van der Waals surface area contributed by atoms with E-state index >= 15 is 0 Å². The van der Waals surface area contributed by atoms with Crippen LogP contribution in [0.4, 0.5) is 0 Å². The predicted octanol–water partition coefficient (Wildman–Crippen LogP) is 1.25. The van der Waals surface area contributed by atoms with Gasteiger partial charge in [0.25, 0.3) is 5.56 Å². The van der Waals surface area contributed by atoms with Crippen LogP contribution in [-0.2, 0) is 25.6 Å². The largest absolute Gasteiger partial charge is 0.463 e. The van der Waals surface area contributed by atoms with Crippen LogP contribution in [0.25, 0.3) is 12.2 Å². The van der Waals surface area contributed by atoms with Crippen LogP contribution in [0.5, 0.6) is 0 Å². The third-order valence-corrected chi connectivity index (χ3v) is 6.12. The number of morpholine rings is 1. The van der Waals surface area contributed by atoms with Gasteiger partial charge in [0.1, 0.15) is 11.2 Å². The summed E-state index contributed by atoms with van der Waals surface area (Å²) >= 11 is 13.5. The number of hydrogen-bond acceptors (Lipinski definition) is 6. The molecular formula is C20H20Cl2N2O5S. The molecule has 0 N–H and O–H groups in total. The molecule has 0 bridgehead atoms. The minimum Gasteiger partial charge on any atom is -0.463 e. The van der Waals surface area contributed by atoms with Gasteiger partial charge in [0.05, 0.1) is 30.4 Å². The molecule has 1 saturated heterocycles. The molecule has 1 fully saturated rings. The summed E-state index contributed by atoms with van der Waals surface area (Å²) in [6, 6.07) is 5.04. The van der Waals surface area contributed by atoms with Gasteiger partial charge in [-0.1, -0.05) is 29.3 Å². The standard InChI is InChI=1S/C20H20Cl2N2O5S/c1-2-29-19(26)11-18-24(12-17(25)23-6-8-28-9-7-23)20(27)16(30-18)10-13-14(21)4-3-5-15(13)22/h3-5,10-11H,2,6-9,12H2,1H3/b16-10-,18-11+. The zero-order chi connectivity index (χ0) is 21.7. The van der Waals surface area contributed by atoms with Gasteiger partial charge in [-0.3, -0.25) is 14.2 Å². The van der Waals surface area contributed by atoms with Crippen LogP contribution in [0.1, 0.15) is 12.5 Å². The van der Waals surface area contributed by atoms with Crippen LogP contribution in [0, 0.1) is 0 Å². The second-order valence-corrected chi connectivity index (χ2v) is 8.24. The molecule has 1 aliphatic heterocycles. The number of esters is 1. The summed E-state index contributed by atoms with van der Waals surface area (Å²) < 4.78 is 12.1. The number of hydrogen-bond donors (Lipinski definition) is 0. The van der Waals surface area contributed by atoms with E-state index in [2.05, 4.69) is 0 Å². The van der Waals surface area contributed by atoms with E-state index in [0.29, 0.717) is 51.1 Å². The zero-order valence-corrected chi connectivity index (χ0v) is 18.6. The van der Waals surface area contributed by atoms with Crippen molar-refractivity contribution in [3.63, 3.8) is 0 Å². The smallest absolute Gasteiger partial charge is 0.333 e. The van der Waals surface area contributed by atoms with Crippen molar-refractivity contribution in [3.05, 3.63) is 53.4 Å². The molecule has 0 spiro atoms. The highest BCUT2D eigenvalue weighted by Gasteiger charge is 2.19. The number of rotatable bonds is 5. The van der Waals surface area contributed by atoms with Crippen molar-refractivity contribution in [1.82, 2.24) is 9.47 Å². The maximum Gasteiger partial charge on any atom is 0.333 e. The first kappa shape index (κ1) is 22.6. The minimum absolute atomic E-state index is 0.190. The summed E-state index contributed by atoms with van der Waals surface area (Å²) in [6.45, 7) is 3.53. The third-order valence-electron chi connectivity index (χ3n) is 4.40. The Morgan fingerprint density at radius 3 is 2.53 bits per heavy atom. The number of benzene rings is 1. The number of carbonyl (C=O) groups excluding carboxylic acids is 2. The quantitative estimate of drug-likeness (QED) is 0.614. The average molecular weight is 471 g/mol. The fraction of sp³-hybridized carbons (Fsp3) is 0.350. The topological polar surface area (TPSA) is 77.8 Å². The van der Waals surface area contributed by atoms with E-state index < -0.39 is 11.5 Å². The first-order chi connectivity index (χ1) is 14.4. The number of nitrogens with zero attached hydrogens (tertiary/aromatic N) is 2. The molecule has 160 valence electrons. The molecule has 0 radical (unpaired) electrons. The Morgan fingerprint density at radius 2 is 1.90 bits per heavy atom. The molecule has 0 saturated carbocycles. The van der Waals surface area contributed by atoms with Gasteiger partial charge in [-0.15, -0.1) is 11.3 Å². The van der Waals surface area contributed by atoms with Crippen molar-refractivity contribution in [2.75, 3.05) is 32.9 Å². The fourth-order valence-electron chi connectivity index (χ4n) is 2.91. The van der Waals surface area contributed by atoms with Crippen molar-refractivity contribution in [2.45, 2.75) is 13.5 Å². The van der Waals surface area contributed by atoms with Crippen molar-refractivity contribution < 1.29 is 19.1 Å². The van der Waals surface area contributed by atoms with E-state index in [1.54, 1.807) is 36.1 Å². The van der Waals surface area contributed by atoms with Crippen LogP contribution in [0.15, 0.2) is 23.0 Å². The first-order valence-corrected chi connectivity index (χ1v) is 10.9. The number of aromatic nitrogens is 1. The molecule has 30 heavy (non-hydrogen) atoms. The van der Waals surface area contributed by atoms with E-state index in [-0.39, 0.29) is 19.1 Å². The van der Waals surface area contributed by atoms with E-state index in [0.717, 1.165) is 11.3 Å². The summed E-state index contributed by atoms with van der Waals surface area (Å²) in [5.74, 6) is -0.812. The highest BCUT2D eigenvalue weighted by atomic mass is 35.5. The van der Waals surface area contributed by atoms with Crippen LogP contribution in [0.2, 0.25) is 10.0 Å². The molecule has 1 aliphatic rings. The van der Waals surface area contributed by atoms with Gasteiger partial charge in [-0.25, -0.2) is 4.79 Å². The molecule has 2 heterocycles. The van der Waals surface area contributed by atoms with Gasteiger partial charge in [0.15, 0.2) is 0 Å². The summed E-state index contributed by atoms with van der Waals surface area (Å²) in [6.07, 6.45) is 2.78. The molecule has 10 heteroatoms. The Morgan fingerprint density at radius 1 is 1.23 bits per heavy atom. The molecule has 1 amide bonds. The predicted molar refractivity (Wildman–Crippen MR) is 116 cm³/mol. The first-order valence-electron chi connectivity index (χ1n) is 9.30. The van der Waals surface area contributed by atoms with E-state index in [1.165, 1.54) is 10.6 Å². The lowest BCUT2D eigenvalue weighted by atomic mass is 10.2. The Labute approximate surface area is 186 Å². The molecular weight excluding hydrogens is 451 g/mol. The van der Waals surface area contributed by atoms with E-state index in [4.69, 9.17) is 32.7 Å². The lowest BCUT2D eigenvalue weighted by molar-refractivity contribution is -0.136. The van der Waals surface area contributed by atoms with Crippen molar-refractivity contribution in [1.29, 1.82) is 0 Å². The average Bonchev–Trinajstić information content (AvgIpc) is 3.00. The number of thiazole rings is 1. The van der Waals surface area contributed by atoms with Crippen LogP contribution in [0.3, 0.4) is 0 Å². The molecule has 0 aliphatic carbocycles. The highest BCUT2D eigenvalue weighted by molar-refractivity contribution is 7.07. The van der Waals surface area contributed by atoms with Crippen LogP contribution in [-0.4, -0.2) is 54.3 Å². The zero-order valence-electron chi connectivity index (χ0n) is 16.2. The van der Waals surface area contributed by atoms with Crippen molar-refractivity contribution in [2.24, 2.45) is 0 Å². The van der Waals surface area contributed by atoms with E-state index in [1.807, 2.05) is 0 Å². The molecule has 3 rings (SSSR count). The Balaban J connectivity index is 2.08. The van der Waals surface area contributed by atoms with Crippen molar-refractivity contribution in [3.8, 4) is 0 Å². The van der Waals surface area contributed by atoms with Gasteiger partial charge in [0, 0.05) is 28.7 Å². The minimum atomic E-state index is -0.589. The monoisotopic (exact) mass is 470 g/mol. The Kier molecular flexibility index (Phi) is 7.71. The molecule has 2 aromatic rings. The van der Waals surface area contributed by atoms with Crippen molar-refractivity contribution >= 4 is 58.6 Å². The van der Waals surface area contributed by atoms with Gasteiger partial charge in [-0.05, 0) is 25.1 Å². The lowest BCUT2D eigenvalue weighted by Crippen LogP contribution is -2.45. The summed E-state index contributed by atoms with van der Waals surface area (Å²) in [7, 11) is 0. The highest BCUT2D eigenvalue weighted by Crippen LogP contribution is 2.24. The number of amides is 1. The maximum atomic E-state index is 13.1. The van der Waals surface area contributed by atoms with Crippen LogP contribution >= 0.6 is 34.5 Å². The van der Waals surface area contributed by atoms with Gasteiger partial charge in [0.2, 0.25) is 5.91 Å². The number of carbonyl (C=O) groups is 2. The third kappa shape index (κ3) is 5.31.